The molecule has 0 aliphatic carbocycles. The van der Waals surface area contributed by atoms with Crippen LogP contribution in [0.3, 0.4) is 0 Å². The Bertz CT molecular complexity index is 1580. The second-order valence-electron chi connectivity index (χ2n) is 9.93. The van der Waals surface area contributed by atoms with E-state index in [0.29, 0.717) is 61.2 Å². The molecular weight excluding hydrogens is 518 g/mol. The lowest BCUT2D eigenvalue weighted by atomic mass is 9.95. The molecule has 0 bridgehead atoms. The molecule has 206 valence electrons. The van der Waals surface area contributed by atoms with Crippen LogP contribution in [0.4, 0.5) is 0 Å². The molecule has 0 radical (unpaired) electrons. The summed E-state index contributed by atoms with van der Waals surface area (Å²) >= 11 is 0. The Kier molecular flexibility index (Phi) is 7.41. The van der Waals surface area contributed by atoms with Crippen LogP contribution < -0.4 is 14.2 Å². The maximum Gasteiger partial charge on any atom is 0.295 e. The summed E-state index contributed by atoms with van der Waals surface area (Å²) in [5, 5.41) is 11.5. The Hall–Kier alpha value is -5.04. The minimum Gasteiger partial charge on any atom is -0.507 e. The molecule has 0 spiro atoms. The minimum atomic E-state index is -0.768. The van der Waals surface area contributed by atoms with Crippen LogP contribution in [0.25, 0.3) is 5.76 Å². The maximum atomic E-state index is 13.5. The van der Waals surface area contributed by atoms with Crippen LogP contribution in [0.5, 0.6) is 17.2 Å². The molecule has 1 fully saturated rings. The van der Waals surface area contributed by atoms with Crippen molar-refractivity contribution in [2.24, 2.45) is 0 Å². The number of hydrogen-bond donors (Lipinski definition) is 1. The van der Waals surface area contributed by atoms with Gasteiger partial charge in [-0.15, -0.1) is 0 Å². The van der Waals surface area contributed by atoms with Crippen LogP contribution in [-0.2, 0) is 22.6 Å². The number of ether oxygens (including phenoxy) is 3. The van der Waals surface area contributed by atoms with E-state index in [1.807, 2.05) is 84.9 Å². The van der Waals surface area contributed by atoms with Gasteiger partial charge in [0.15, 0.2) is 11.5 Å². The third-order valence-corrected chi connectivity index (χ3v) is 7.28. The highest BCUT2D eigenvalue weighted by molar-refractivity contribution is 6.46. The van der Waals surface area contributed by atoms with Crippen molar-refractivity contribution in [2.45, 2.75) is 19.1 Å². The van der Waals surface area contributed by atoms with Gasteiger partial charge in [-0.3, -0.25) is 9.59 Å². The molecule has 1 amide bonds. The fourth-order valence-electron chi connectivity index (χ4n) is 5.18. The topological polar surface area (TPSA) is 85.3 Å². The van der Waals surface area contributed by atoms with E-state index in [1.54, 1.807) is 23.1 Å². The van der Waals surface area contributed by atoms with E-state index in [9.17, 15) is 14.7 Å². The van der Waals surface area contributed by atoms with Crippen molar-refractivity contribution in [3.05, 3.63) is 131 Å². The number of carbonyl (C=O) groups excluding carboxylic acids is 2. The van der Waals surface area contributed by atoms with Gasteiger partial charge in [0.2, 0.25) is 0 Å². The van der Waals surface area contributed by atoms with Crippen molar-refractivity contribution in [3.8, 4) is 17.2 Å². The van der Waals surface area contributed by atoms with E-state index in [0.717, 1.165) is 11.1 Å². The molecule has 1 N–H and O–H groups in total. The first-order valence-corrected chi connectivity index (χ1v) is 13.6. The number of hydrogen-bond acceptors (Lipinski definition) is 6. The van der Waals surface area contributed by atoms with Gasteiger partial charge in [0.05, 0.1) is 11.6 Å². The average molecular weight is 548 g/mol. The largest absolute Gasteiger partial charge is 0.507 e. The summed E-state index contributed by atoms with van der Waals surface area (Å²) in [4.78, 5) is 28.4. The van der Waals surface area contributed by atoms with Gasteiger partial charge in [0, 0.05) is 12.1 Å². The molecule has 2 aliphatic rings. The molecule has 0 aromatic heterocycles. The normalized spacial score (nSPS) is 17.5. The molecule has 1 atom stereocenters. The number of fused-ring (bicyclic) bond motifs is 1. The van der Waals surface area contributed by atoms with Crippen molar-refractivity contribution < 1.29 is 28.9 Å². The SMILES string of the molecule is O=C1C(=O)N(CCc2ccccc2)[C@@H](c2ccc(OCc3ccccc3)cc2)C1=C(O)c1ccc2c(c1)OCCO2. The quantitative estimate of drug-likeness (QED) is 0.173. The van der Waals surface area contributed by atoms with Crippen molar-refractivity contribution >= 4 is 17.4 Å². The van der Waals surface area contributed by atoms with Gasteiger partial charge in [0.1, 0.15) is 31.3 Å². The van der Waals surface area contributed by atoms with Crippen molar-refractivity contribution in [1.82, 2.24) is 4.90 Å². The molecule has 7 nitrogen and oxygen atoms in total. The predicted molar refractivity (Wildman–Crippen MR) is 154 cm³/mol. The van der Waals surface area contributed by atoms with E-state index < -0.39 is 17.7 Å². The van der Waals surface area contributed by atoms with Gasteiger partial charge in [-0.05, 0) is 53.4 Å². The maximum absolute atomic E-state index is 13.5. The number of rotatable bonds is 8. The Balaban J connectivity index is 1.34. The second-order valence-corrected chi connectivity index (χ2v) is 9.93. The Morgan fingerprint density at radius 3 is 2.17 bits per heavy atom. The highest BCUT2D eigenvalue weighted by atomic mass is 16.6. The Morgan fingerprint density at radius 2 is 1.46 bits per heavy atom. The first-order valence-electron chi connectivity index (χ1n) is 13.6. The first kappa shape index (κ1) is 26.2. The third-order valence-electron chi connectivity index (χ3n) is 7.28. The number of nitrogens with zero attached hydrogens (tertiary/aromatic N) is 1. The molecular formula is C34H29NO6. The molecule has 0 saturated carbocycles. The van der Waals surface area contributed by atoms with Crippen LogP contribution in [0, 0.1) is 0 Å². The zero-order valence-electron chi connectivity index (χ0n) is 22.4. The molecule has 4 aromatic carbocycles. The second kappa shape index (κ2) is 11.6. The van der Waals surface area contributed by atoms with Gasteiger partial charge in [-0.25, -0.2) is 0 Å². The summed E-state index contributed by atoms with van der Waals surface area (Å²) in [7, 11) is 0. The van der Waals surface area contributed by atoms with Crippen LogP contribution >= 0.6 is 0 Å². The number of amides is 1. The van der Waals surface area contributed by atoms with Crippen molar-refractivity contribution in [2.75, 3.05) is 19.8 Å². The summed E-state index contributed by atoms with van der Waals surface area (Å²) in [5.41, 5.74) is 3.21. The lowest BCUT2D eigenvalue weighted by Crippen LogP contribution is -2.31. The number of aliphatic hydroxyl groups is 1. The van der Waals surface area contributed by atoms with Gasteiger partial charge in [-0.1, -0.05) is 72.8 Å². The summed E-state index contributed by atoms with van der Waals surface area (Å²) in [6, 6.07) is 31.2. The molecule has 2 heterocycles. The van der Waals surface area contributed by atoms with Gasteiger partial charge < -0.3 is 24.2 Å². The van der Waals surface area contributed by atoms with Gasteiger partial charge in [0.25, 0.3) is 11.7 Å². The van der Waals surface area contributed by atoms with E-state index in [2.05, 4.69) is 0 Å². The van der Waals surface area contributed by atoms with Crippen molar-refractivity contribution in [1.29, 1.82) is 0 Å². The molecule has 4 aromatic rings. The number of aliphatic hydroxyl groups excluding tert-OH is 1. The Labute approximate surface area is 238 Å². The fraction of sp³-hybridized carbons (Fsp3) is 0.176. The molecule has 1 saturated heterocycles. The third kappa shape index (κ3) is 5.52. The summed E-state index contributed by atoms with van der Waals surface area (Å²) < 4.78 is 17.2. The number of likely N-dealkylation sites (tertiary alicyclic amines) is 1. The average Bonchev–Trinajstić information content (AvgIpc) is 3.28. The number of Topliss-reactive ketones (excluding diaryl/α,β-unsaturated/α-hetero) is 1. The van der Waals surface area contributed by atoms with E-state index in [1.165, 1.54) is 0 Å². The number of ketones is 1. The highest BCUT2D eigenvalue weighted by Gasteiger charge is 2.46. The van der Waals surface area contributed by atoms with Crippen LogP contribution in [-0.4, -0.2) is 41.5 Å². The molecule has 7 heteroatoms. The number of carbonyl (C=O) groups is 2. The molecule has 0 unspecified atom stereocenters. The van der Waals surface area contributed by atoms with E-state index in [-0.39, 0.29) is 11.3 Å². The first-order chi connectivity index (χ1) is 20.1. The minimum absolute atomic E-state index is 0.0395. The highest BCUT2D eigenvalue weighted by Crippen LogP contribution is 2.41. The van der Waals surface area contributed by atoms with Crippen molar-refractivity contribution in [3.63, 3.8) is 0 Å². The van der Waals surface area contributed by atoms with Crippen LogP contribution in [0.15, 0.2) is 109 Å². The smallest absolute Gasteiger partial charge is 0.295 e. The van der Waals surface area contributed by atoms with Crippen LogP contribution in [0.2, 0.25) is 0 Å². The molecule has 2 aliphatic heterocycles. The standard InChI is InChI=1S/C34H29NO6/c36-32(26-13-16-28-29(21-26)40-20-19-39-28)30-31(35(34(38)33(30)37)18-17-23-7-3-1-4-8-23)25-11-14-27(15-12-25)41-22-24-9-5-2-6-10-24/h1-16,21,31,36H,17-20,22H2/t31-/m0/s1. The Morgan fingerprint density at radius 1 is 0.805 bits per heavy atom. The van der Waals surface area contributed by atoms with Gasteiger partial charge in [-0.2, -0.15) is 0 Å². The summed E-state index contributed by atoms with van der Waals surface area (Å²) in [6.45, 7) is 1.55. The van der Waals surface area contributed by atoms with Crippen LogP contribution in [0.1, 0.15) is 28.3 Å². The zero-order valence-corrected chi connectivity index (χ0v) is 22.4. The van der Waals surface area contributed by atoms with E-state index in [4.69, 9.17) is 14.2 Å². The monoisotopic (exact) mass is 547 g/mol. The zero-order chi connectivity index (χ0) is 28.2. The number of benzene rings is 4. The summed E-state index contributed by atoms with van der Waals surface area (Å²) in [5.74, 6) is 0.0886. The lowest BCUT2D eigenvalue weighted by Gasteiger charge is -2.26. The predicted octanol–water partition coefficient (Wildman–Crippen LogP) is 5.70. The summed E-state index contributed by atoms with van der Waals surface area (Å²) in [6.07, 6.45) is 0.562. The fourth-order valence-corrected chi connectivity index (χ4v) is 5.18. The van der Waals surface area contributed by atoms with E-state index >= 15 is 0 Å². The molecule has 41 heavy (non-hydrogen) atoms. The molecule has 6 rings (SSSR count). The van der Waals surface area contributed by atoms with Gasteiger partial charge >= 0.3 is 0 Å². The lowest BCUT2D eigenvalue weighted by molar-refractivity contribution is -0.139.